The predicted octanol–water partition coefficient (Wildman–Crippen LogP) is 2.62. The SMILES string of the molecule is CC(C)[C@@H](O)C[C@H](O)[C@@H](C(=O)OC(C)(C)C)C(N)C1CCCCC1. The Labute approximate surface area is 147 Å². The Hall–Kier alpha value is -0.650. The third-order valence-electron chi connectivity index (χ3n) is 4.95. The summed E-state index contributed by atoms with van der Waals surface area (Å²) in [5.41, 5.74) is 5.80. The van der Waals surface area contributed by atoms with Gasteiger partial charge in [0.1, 0.15) is 5.60 Å². The van der Waals surface area contributed by atoms with Crippen LogP contribution in [0.1, 0.15) is 73.1 Å². The van der Waals surface area contributed by atoms with E-state index in [0.717, 1.165) is 25.7 Å². The largest absolute Gasteiger partial charge is 0.460 e. The third-order valence-corrected chi connectivity index (χ3v) is 4.95. The summed E-state index contributed by atoms with van der Waals surface area (Å²) in [5, 5.41) is 20.8. The van der Waals surface area contributed by atoms with Crippen LogP contribution in [0.3, 0.4) is 0 Å². The summed E-state index contributed by atoms with van der Waals surface area (Å²) in [7, 11) is 0. The lowest BCUT2D eigenvalue weighted by Gasteiger charge is -2.36. The second-order valence-corrected chi connectivity index (χ2v) is 8.65. The number of esters is 1. The van der Waals surface area contributed by atoms with Crippen molar-refractivity contribution in [3.05, 3.63) is 0 Å². The average molecular weight is 344 g/mol. The lowest BCUT2D eigenvalue weighted by Crippen LogP contribution is -2.50. The highest BCUT2D eigenvalue weighted by Crippen LogP contribution is 2.32. The Kier molecular flexibility index (Phi) is 8.16. The van der Waals surface area contributed by atoms with E-state index in [1.54, 1.807) is 0 Å². The van der Waals surface area contributed by atoms with E-state index < -0.39 is 35.7 Å². The summed E-state index contributed by atoms with van der Waals surface area (Å²) < 4.78 is 5.51. The van der Waals surface area contributed by atoms with E-state index >= 15 is 0 Å². The molecule has 0 saturated heterocycles. The van der Waals surface area contributed by atoms with Crippen molar-refractivity contribution in [3.63, 3.8) is 0 Å². The van der Waals surface area contributed by atoms with E-state index in [-0.39, 0.29) is 18.3 Å². The molecule has 24 heavy (non-hydrogen) atoms. The van der Waals surface area contributed by atoms with Crippen molar-refractivity contribution < 1.29 is 19.7 Å². The van der Waals surface area contributed by atoms with Crippen molar-refractivity contribution in [3.8, 4) is 0 Å². The number of carbonyl (C=O) groups excluding carboxylic acids is 1. The maximum atomic E-state index is 12.7. The Morgan fingerprint density at radius 2 is 1.67 bits per heavy atom. The van der Waals surface area contributed by atoms with Gasteiger partial charge in [-0.1, -0.05) is 33.1 Å². The maximum Gasteiger partial charge on any atom is 0.313 e. The molecular weight excluding hydrogens is 306 g/mol. The van der Waals surface area contributed by atoms with Crippen LogP contribution in [-0.2, 0) is 9.53 Å². The summed E-state index contributed by atoms with van der Waals surface area (Å²) in [5.74, 6) is -1.00. The summed E-state index contributed by atoms with van der Waals surface area (Å²) in [6.07, 6.45) is 3.89. The molecule has 4 atom stereocenters. The molecule has 0 amide bonds. The fourth-order valence-electron chi connectivity index (χ4n) is 3.42. The van der Waals surface area contributed by atoms with Gasteiger partial charge >= 0.3 is 5.97 Å². The fourth-order valence-corrected chi connectivity index (χ4v) is 3.42. The Bertz CT molecular complexity index is 385. The zero-order chi connectivity index (χ0) is 18.5. The van der Waals surface area contributed by atoms with Crippen LogP contribution in [0.4, 0.5) is 0 Å². The van der Waals surface area contributed by atoms with Crippen LogP contribution in [0, 0.1) is 17.8 Å². The van der Waals surface area contributed by atoms with Gasteiger partial charge in [0, 0.05) is 12.5 Å². The van der Waals surface area contributed by atoms with Gasteiger partial charge < -0.3 is 20.7 Å². The first-order valence-corrected chi connectivity index (χ1v) is 9.37. The number of ether oxygens (including phenoxy) is 1. The van der Waals surface area contributed by atoms with Crippen LogP contribution in [0.2, 0.25) is 0 Å². The zero-order valence-electron chi connectivity index (χ0n) is 16.0. The topological polar surface area (TPSA) is 92.8 Å². The molecule has 0 spiro atoms. The van der Waals surface area contributed by atoms with E-state index in [4.69, 9.17) is 10.5 Å². The highest BCUT2D eigenvalue weighted by atomic mass is 16.6. The van der Waals surface area contributed by atoms with Gasteiger partial charge in [-0.2, -0.15) is 0 Å². The highest BCUT2D eigenvalue weighted by molar-refractivity contribution is 5.74. The second-order valence-electron chi connectivity index (χ2n) is 8.65. The van der Waals surface area contributed by atoms with E-state index in [2.05, 4.69) is 0 Å². The van der Waals surface area contributed by atoms with Crippen LogP contribution >= 0.6 is 0 Å². The first-order valence-electron chi connectivity index (χ1n) is 9.37. The molecule has 5 nitrogen and oxygen atoms in total. The zero-order valence-corrected chi connectivity index (χ0v) is 16.0. The molecular formula is C19H37NO4. The first-order chi connectivity index (χ1) is 11.0. The highest BCUT2D eigenvalue weighted by Gasteiger charge is 2.40. The third kappa shape index (κ3) is 6.69. The Morgan fingerprint density at radius 1 is 1.12 bits per heavy atom. The average Bonchev–Trinajstić information content (AvgIpc) is 2.46. The number of hydrogen-bond donors (Lipinski definition) is 3. The number of carbonyl (C=O) groups is 1. The minimum Gasteiger partial charge on any atom is -0.460 e. The molecule has 0 aromatic carbocycles. The van der Waals surface area contributed by atoms with Crippen LogP contribution in [0.15, 0.2) is 0 Å². The van der Waals surface area contributed by atoms with Crippen LogP contribution in [0.25, 0.3) is 0 Å². The summed E-state index contributed by atoms with van der Waals surface area (Å²) in [4.78, 5) is 12.7. The van der Waals surface area contributed by atoms with Gasteiger partial charge in [-0.25, -0.2) is 0 Å². The van der Waals surface area contributed by atoms with Crippen molar-refractivity contribution in [2.75, 3.05) is 0 Å². The van der Waals surface area contributed by atoms with E-state index in [9.17, 15) is 15.0 Å². The molecule has 4 N–H and O–H groups in total. The van der Waals surface area contributed by atoms with E-state index in [1.807, 2.05) is 34.6 Å². The number of rotatable bonds is 7. The van der Waals surface area contributed by atoms with E-state index in [0.29, 0.717) is 0 Å². The lowest BCUT2D eigenvalue weighted by molar-refractivity contribution is -0.167. The molecule has 0 bridgehead atoms. The van der Waals surface area contributed by atoms with E-state index in [1.165, 1.54) is 6.42 Å². The number of hydrogen-bond acceptors (Lipinski definition) is 5. The molecule has 1 fully saturated rings. The summed E-state index contributed by atoms with van der Waals surface area (Å²) in [6, 6.07) is -0.436. The standard InChI is InChI=1S/C19H37NO4/c1-12(2)14(21)11-15(22)16(18(23)24-19(3,4)5)17(20)13-9-7-6-8-10-13/h12-17,21-22H,6-11,20H2,1-5H3/t14-,15-,16+,17?/m0/s1. The Morgan fingerprint density at radius 3 is 2.12 bits per heavy atom. The van der Waals surface area contributed by atoms with Gasteiger partial charge in [0.2, 0.25) is 0 Å². The molecule has 0 aromatic rings. The van der Waals surface area contributed by atoms with Crippen molar-refractivity contribution in [2.24, 2.45) is 23.5 Å². The monoisotopic (exact) mass is 343 g/mol. The molecule has 5 heteroatoms. The maximum absolute atomic E-state index is 12.7. The van der Waals surface area contributed by atoms with Gasteiger partial charge in [-0.15, -0.1) is 0 Å². The number of aliphatic hydroxyl groups is 2. The normalized spacial score (nSPS) is 22.0. The lowest BCUT2D eigenvalue weighted by atomic mass is 9.76. The predicted molar refractivity (Wildman–Crippen MR) is 95.4 cm³/mol. The van der Waals surface area contributed by atoms with Crippen molar-refractivity contribution >= 4 is 5.97 Å². The fraction of sp³-hybridized carbons (Fsp3) is 0.947. The second kappa shape index (κ2) is 9.16. The number of aliphatic hydroxyl groups excluding tert-OH is 2. The molecule has 1 aliphatic rings. The molecule has 1 aliphatic carbocycles. The molecule has 1 rings (SSSR count). The van der Waals surface area contributed by atoms with Gasteiger partial charge in [-0.3, -0.25) is 4.79 Å². The molecule has 0 aromatic heterocycles. The van der Waals surface area contributed by atoms with Gasteiger partial charge in [-0.05, 0) is 45.4 Å². The quantitative estimate of drug-likeness (QED) is 0.618. The summed E-state index contributed by atoms with van der Waals surface area (Å²) in [6.45, 7) is 9.21. The molecule has 0 heterocycles. The van der Waals surface area contributed by atoms with Gasteiger partial charge in [0.25, 0.3) is 0 Å². The molecule has 1 unspecified atom stereocenters. The summed E-state index contributed by atoms with van der Waals surface area (Å²) >= 11 is 0. The number of nitrogens with two attached hydrogens (primary N) is 1. The molecule has 142 valence electrons. The minimum atomic E-state index is -0.992. The van der Waals surface area contributed by atoms with Crippen LogP contribution in [-0.4, -0.2) is 40.0 Å². The van der Waals surface area contributed by atoms with Gasteiger partial charge in [0.05, 0.1) is 18.1 Å². The molecule has 0 radical (unpaired) electrons. The minimum absolute atomic E-state index is 0.0184. The van der Waals surface area contributed by atoms with Crippen molar-refractivity contribution in [1.82, 2.24) is 0 Å². The van der Waals surface area contributed by atoms with Crippen LogP contribution < -0.4 is 5.73 Å². The van der Waals surface area contributed by atoms with Crippen molar-refractivity contribution in [1.29, 1.82) is 0 Å². The smallest absolute Gasteiger partial charge is 0.313 e. The first kappa shape index (κ1) is 21.4. The van der Waals surface area contributed by atoms with Crippen molar-refractivity contribution in [2.45, 2.75) is 97.0 Å². The molecule has 1 saturated carbocycles. The Balaban J connectivity index is 2.90. The molecule has 0 aliphatic heterocycles. The van der Waals surface area contributed by atoms with Crippen LogP contribution in [0.5, 0.6) is 0 Å². The van der Waals surface area contributed by atoms with Gasteiger partial charge in [0.15, 0.2) is 0 Å².